The van der Waals surface area contributed by atoms with Crippen molar-refractivity contribution in [2.75, 3.05) is 13.6 Å². The Morgan fingerprint density at radius 2 is 2.25 bits per heavy atom. The third kappa shape index (κ3) is 1.45. The van der Waals surface area contributed by atoms with Crippen LogP contribution in [0.2, 0.25) is 0 Å². The van der Waals surface area contributed by atoms with E-state index in [2.05, 4.69) is 42.1 Å². The van der Waals surface area contributed by atoms with E-state index in [1.54, 1.807) is 0 Å². The lowest BCUT2D eigenvalue weighted by atomic mass is 10.0. The van der Waals surface area contributed by atoms with Crippen molar-refractivity contribution in [3.63, 3.8) is 0 Å². The molecule has 0 spiro atoms. The molecular formula is C14H18N2. The zero-order valence-corrected chi connectivity index (χ0v) is 10.0. The number of fused-ring (bicyclic) bond motifs is 3. The summed E-state index contributed by atoms with van der Waals surface area (Å²) in [6.45, 7) is 4.44. The van der Waals surface area contributed by atoms with Crippen molar-refractivity contribution < 1.29 is 0 Å². The summed E-state index contributed by atoms with van der Waals surface area (Å²) in [6, 6.07) is 6.84. The Morgan fingerprint density at radius 3 is 3.06 bits per heavy atom. The molecule has 1 aromatic carbocycles. The summed E-state index contributed by atoms with van der Waals surface area (Å²) in [7, 11) is 2.19. The fraction of sp³-hybridized carbons (Fsp3) is 0.429. The van der Waals surface area contributed by atoms with Gasteiger partial charge in [0, 0.05) is 29.7 Å². The van der Waals surface area contributed by atoms with Gasteiger partial charge in [0.15, 0.2) is 0 Å². The summed E-state index contributed by atoms with van der Waals surface area (Å²) in [4.78, 5) is 5.95. The minimum Gasteiger partial charge on any atom is -0.357 e. The average Bonchev–Trinajstić information content (AvgIpc) is 2.64. The minimum atomic E-state index is 1.06. The number of H-pyrrole nitrogens is 1. The molecule has 0 aliphatic carbocycles. The van der Waals surface area contributed by atoms with Gasteiger partial charge < -0.3 is 9.88 Å². The van der Waals surface area contributed by atoms with Crippen molar-refractivity contribution in [2.45, 2.75) is 26.3 Å². The van der Waals surface area contributed by atoms with E-state index in [-0.39, 0.29) is 0 Å². The van der Waals surface area contributed by atoms with Gasteiger partial charge in [-0.1, -0.05) is 19.1 Å². The van der Waals surface area contributed by atoms with Crippen LogP contribution in [0.15, 0.2) is 18.2 Å². The Morgan fingerprint density at radius 1 is 1.38 bits per heavy atom. The molecule has 16 heavy (non-hydrogen) atoms. The summed E-state index contributed by atoms with van der Waals surface area (Å²) in [5.74, 6) is 0. The number of benzene rings is 1. The highest BCUT2D eigenvalue weighted by Gasteiger charge is 2.17. The average molecular weight is 214 g/mol. The van der Waals surface area contributed by atoms with Crippen molar-refractivity contribution in [3.05, 3.63) is 35.0 Å². The zero-order chi connectivity index (χ0) is 11.1. The first-order valence-electron chi connectivity index (χ1n) is 6.09. The molecule has 0 bridgehead atoms. The number of nitrogens with zero attached hydrogens (tertiary/aromatic N) is 1. The first kappa shape index (κ1) is 9.91. The highest BCUT2D eigenvalue weighted by molar-refractivity contribution is 5.85. The van der Waals surface area contributed by atoms with Crippen LogP contribution < -0.4 is 0 Å². The summed E-state index contributed by atoms with van der Waals surface area (Å²) in [5.41, 5.74) is 5.69. The molecule has 1 aliphatic heterocycles. The van der Waals surface area contributed by atoms with Crippen LogP contribution in [0.3, 0.4) is 0 Å². The number of aryl methyl sites for hydroxylation is 1. The number of likely N-dealkylation sites (N-methyl/N-ethyl adjacent to an activating group) is 1. The van der Waals surface area contributed by atoms with Gasteiger partial charge in [-0.15, -0.1) is 0 Å². The van der Waals surface area contributed by atoms with Crippen molar-refractivity contribution in [3.8, 4) is 0 Å². The van der Waals surface area contributed by atoms with Crippen LogP contribution in [-0.4, -0.2) is 23.5 Å². The lowest BCUT2D eigenvalue weighted by Gasteiger charge is -2.22. The first-order valence-corrected chi connectivity index (χ1v) is 6.09. The van der Waals surface area contributed by atoms with Crippen molar-refractivity contribution in [1.29, 1.82) is 0 Å². The molecule has 84 valence electrons. The predicted molar refractivity (Wildman–Crippen MR) is 67.7 cm³/mol. The SMILES string of the molecule is CCc1ccc2c3c([nH]c2c1)CN(C)CC3. The second-order valence-corrected chi connectivity index (χ2v) is 4.80. The highest BCUT2D eigenvalue weighted by Crippen LogP contribution is 2.27. The molecule has 2 heteroatoms. The van der Waals surface area contributed by atoms with Crippen molar-refractivity contribution in [1.82, 2.24) is 9.88 Å². The molecular weight excluding hydrogens is 196 g/mol. The monoisotopic (exact) mass is 214 g/mol. The van der Waals surface area contributed by atoms with E-state index < -0.39 is 0 Å². The van der Waals surface area contributed by atoms with Crippen LogP contribution in [0.4, 0.5) is 0 Å². The van der Waals surface area contributed by atoms with E-state index in [1.807, 2.05) is 0 Å². The maximum atomic E-state index is 3.58. The van der Waals surface area contributed by atoms with Gasteiger partial charge >= 0.3 is 0 Å². The largest absolute Gasteiger partial charge is 0.357 e. The van der Waals surface area contributed by atoms with E-state index in [1.165, 1.54) is 40.7 Å². The van der Waals surface area contributed by atoms with E-state index in [4.69, 9.17) is 0 Å². The summed E-state index contributed by atoms with van der Waals surface area (Å²) < 4.78 is 0. The van der Waals surface area contributed by atoms with Crippen LogP contribution >= 0.6 is 0 Å². The zero-order valence-electron chi connectivity index (χ0n) is 10.0. The smallest absolute Gasteiger partial charge is 0.0462 e. The third-order valence-corrected chi connectivity index (χ3v) is 3.64. The van der Waals surface area contributed by atoms with E-state index in [9.17, 15) is 0 Å². The van der Waals surface area contributed by atoms with Gasteiger partial charge in [-0.05, 0) is 37.1 Å². The number of aromatic amines is 1. The summed E-state index contributed by atoms with van der Waals surface area (Å²) >= 11 is 0. The van der Waals surface area contributed by atoms with Crippen LogP contribution in [-0.2, 0) is 19.4 Å². The first-order chi connectivity index (χ1) is 7.78. The predicted octanol–water partition coefficient (Wildman–Crippen LogP) is 2.72. The van der Waals surface area contributed by atoms with Crippen LogP contribution in [0.1, 0.15) is 23.7 Å². The Hall–Kier alpha value is -1.28. The number of nitrogens with one attached hydrogen (secondary N) is 1. The molecule has 2 heterocycles. The Bertz CT molecular complexity index is 525. The molecule has 0 atom stereocenters. The second-order valence-electron chi connectivity index (χ2n) is 4.80. The Balaban J connectivity index is 2.16. The van der Waals surface area contributed by atoms with Gasteiger partial charge in [0.1, 0.15) is 0 Å². The quantitative estimate of drug-likeness (QED) is 0.773. The molecule has 1 aromatic heterocycles. The molecule has 1 N–H and O–H groups in total. The third-order valence-electron chi connectivity index (χ3n) is 3.64. The second kappa shape index (κ2) is 3.63. The van der Waals surface area contributed by atoms with E-state index >= 15 is 0 Å². The molecule has 0 radical (unpaired) electrons. The molecule has 2 aromatic rings. The molecule has 0 fully saturated rings. The lowest BCUT2D eigenvalue weighted by Crippen LogP contribution is -2.26. The molecule has 1 aliphatic rings. The topological polar surface area (TPSA) is 19.0 Å². The fourth-order valence-corrected chi connectivity index (χ4v) is 2.65. The normalized spacial score (nSPS) is 16.6. The molecule has 0 amide bonds. The summed E-state index contributed by atoms with van der Waals surface area (Å²) in [6.07, 6.45) is 2.29. The highest BCUT2D eigenvalue weighted by atomic mass is 15.1. The number of aromatic nitrogens is 1. The molecule has 0 unspecified atom stereocenters. The lowest BCUT2D eigenvalue weighted by molar-refractivity contribution is 0.310. The molecule has 0 saturated heterocycles. The van der Waals surface area contributed by atoms with Gasteiger partial charge in [-0.25, -0.2) is 0 Å². The van der Waals surface area contributed by atoms with Crippen LogP contribution in [0.5, 0.6) is 0 Å². The van der Waals surface area contributed by atoms with E-state index in [0.29, 0.717) is 0 Å². The maximum Gasteiger partial charge on any atom is 0.0462 e. The molecule has 3 rings (SSSR count). The number of rotatable bonds is 1. The van der Waals surface area contributed by atoms with Crippen molar-refractivity contribution in [2.24, 2.45) is 0 Å². The Labute approximate surface area is 96.3 Å². The minimum absolute atomic E-state index is 1.06. The molecule has 0 saturated carbocycles. The van der Waals surface area contributed by atoms with Gasteiger partial charge in [0.25, 0.3) is 0 Å². The maximum absolute atomic E-state index is 3.58. The van der Waals surface area contributed by atoms with Gasteiger partial charge in [-0.3, -0.25) is 0 Å². The van der Waals surface area contributed by atoms with Crippen LogP contribution in [0.25, 0.3) is 10.9 Å². The van der Waals surface area contributed by atoms with Gasteiger partial charge in [0.05, 0.1) is 0 Å². The summed E-state index contributed by atoms with van der Waals surface area (Å²) in [5, 5.41) is 1.43. The Kier molecular flexibility index (Phi) is 2.25. The van der Waals surface area contributed by atoms with E-state index in [0.717, 1.165) is 13.0 Å². The fourth-order valence-electron chi connectivity index (χ4n) is 2.65. The van der Waals surface area contributed by atoms with Crippen molar-refractivity contribution >= 4 is 10.9 Å². The van der Waals surface area contributed by atoms with Gasteiger partial charge in [0.2, 0.25) is 0 Å². The van der Waals surface area contributed by atoms with Crippen LogP contribution in [0, 0.1) is 0 Å². The number of hydrogen-bond donors (Lipinski definition) is 1. The number of hydrogen-bond acceptors (Lipinski definition) is 1. The standard InChI is InChI=1S/C14H18N2/c1-3-10-4-5-11-12-6-7-16(2)9-14(12)15-13(11)8-10/h4-5,8,15H,3,6-7,9H2,1-2H3. The molecule has 2 nitrogen and oxygen atoms in total. The van der Waals surface area contributed by atoms with Gasteiger partial charge in [-0.2, -0.15) is 0 Å².